The molecule has 1 saturated heterocycles. The molecule has 10 heteroatoms. The van der Waals surface area contributed by atoms with Gasteiger partial charge in [-0.15, -0.1) is 0 Å². The van der Waals surface area contributed by atoms with Crippen molar-refractivity contribution in [3.05, 3.63) is 62.7 Å². The Balaban J connectivity index is 1.72. The highest BCUT2D eigenvalue weighted by atomic mass is 16.6. The van der Waals surface area contributed by atoms with E-state index in [4.69, 9.17) is 4.74 Å². The number of aryl methyl sites for hydroxylation is 1. The first-order valence-corrected chi connectivity index (χ1v) is 8.78. The highest BCUT2D eigenvalue weighted by Crippen LogP contribution is 2.26. The Hall–Kier alpha value is -3.53. The predicted molar refractivity (Wildman–Crippen MR) is 103 cm³/mol. The topological polar surface area (TPSA) is 115 Å². The second-order valence-electron chi connectivity index (χ2n) is 6.33. The maximum absolute atomic E-state index is 12.5. The van der Waals surface area contributed by atoms with E-state index >= 15 is 0 Å². The Kier molecular flexibility index (Phi) is 4.62. The van der Waals surface area contributed by atoms with Crippen LogP contribution in [0.25, 0.3) is 5.65 Å². The number of nitro groups is 1. The van der Waals surface area contributed by atoms with Gasteiger partial charge in [0.15, 0.2) is 0 Å². The van der Waals surface area contributed by atoms with Gasteiger partial charge in [-0.05, 0) is 31.2 Å². The number of morpholine rings is 1. The summed E-state index contributed by atoms with van der Waals surface area (Å²) in [6.07, 6.45) is 1.45. The molecule has 1 N–H and O–H groups in total. The molecule has 28 heavy (non-hydrogen) atoms. The maximum Gasteiger partial charge on any atom is 0.376 e. The van der Waals surface area contributed by atoms with Crippen LogP contribution in [0.2, 0.25) is 0 Å². The van der Waals surface area contributed by atoms with Crippen molar-refractivity contribution < 1.29 is 9.66 Å². The monoisotopic (exact) mass is 382 g/mol. The molecular formula is C18H18N6O4. The fraction of sp³-hybridized carbons (Fsp3) is 0.278. The molecule has 4 rings (SSSR count). The van der Waals surface area contributed by atoms with E-state index in [0.29, 0.717) is 30.2 Å². The average Bonchev–Trinajstić information content (AvgIpc) is 2.70. The minimum atomic E-state index is -0.742. The molecule has 0 unspecified atom stereocenters. The molecule has 144 valence electrons. The molecule has 3 aromatic heterocycles. The quantitative estimate of drug-likeness (QED) is 0.537. The normalized spacial score (nSPS) is 14.2. The van der Waals surface area contributed by atoms with E-state index in [1.807, 2.05) is 6.07 Å². The largest absolute Gasteiger partial charge is 0.378 e. The van der Waals surface area contributed by atoms with Gasteiger partial charge in [0.1, 0.15) is 11.5 Å². The van der Waals surface area contributed by atoms with Crippen molar-refractivity contribution in [2.24, 2.45) is 0 Å². The van der Waals surface area contributed by atoms with E-state index in [1.165, 1.54) is 6.20 Å². The zero-order valence-electron chi connectivity index (χ0n) is 15.2. The van der Waals surface area contributed by atoms with Gasteiger partial charge >= 0.3 is 11.2 Å². The molecule has 0 aliphatic carbocycles. The van der Waals surface area contributed by atoms with Crippen LogP contribution in [0.1, 0.15) is 5.69 Å². The molecular weight excluding hydrogens is 364 g/mol. The number of fused-ring (bicyclic) bond motifs is 1. The second-order valence-corrected chi connectivity index (χ2v) is 6.33. The van der Waals surface area contributed by atoms with Crippen LogP contribution in [0.3, 0.4) is 0 Å². The van der Waals surface area contributed by atoms with Gasteiger partial charge < -0.3 is 15.0 Å². The van der Waals surface area contributed by atoms with Crippen LogP contribution in [0, 0.1) is 17.0 Å². The average molecular weight is 382 g/mol. The van der Waals surface area contributed by atoms with Gasteiger partial charge in [-0.25, -0.2) is 9.97 Å². The van der Waals surface area contributed by atoms with E-state index in [2.05, 4.69) is 20.2 Å². The number of pyridine rings is 2. The first-order valence-electron chi connectivity index (χ1n) is 8.78. The number of ether oxygens (including phenoxy) is 1. The fourth-order valence-electron chi connectivity index (χ4n) is 3.11. The van der Waals surface area contributed by atoms with Crippen molar-refractivity contribution in [1.82, 2.24) is 14.4 Å². The SMILES string of the molecule is Cc1nc(N2CCOCC2)ccc1Nc1nc2ccccn2c(=O)c1[N+](=O)[O-]. The third-order valence-corrected chi connectivity index (χ3v) is 4.55. The van der Waals surface area contributed by atoms with Crippen molar-refractivity contribution in [3.63, 3.8) is 0 Å². The number of rotatable bonds is 4. The van der Waals surface area contributed by atoms with E-state index in [9.17, 15) is 14.9 Å². The molecule has 0 bridgehead atoms. The van der Waals surface area contributed by atoms with Crippen LogP contribution in [0.5, 0.6) is 0 Å². The van der Waals surface area contributed by atoms with Gasteiger partial charge in [-0.3, -0.25) is 19.3 Å². The summed E-state index contributed by atoms with van der Waals surface area (Å²) in [5, 5.41) is 14.4. The summed E-state index contributed by atoms with van der Waals surface area (Å²) in [6, 6.07) is 8.56. The van der Waals surface area contributed by atoms with Crippen LogP contribution < -0.4 is 15.8 Å². The highest BCUT2D eigenvalue weighted by Gasteiger charge is 2.24. The van der Waals surface area contributed by atoms with Gasteiger partial charge in [0, 0.05) is 19.3 Å². The summed E-state index contributed by atoms with van der Waals surface area (Å²) in [5.74, 6) is 0.706. The Morgan fingerprint density at radius 3 is 2.68 bits per heavy atom. The minimum Gasteiger partial charge on any atom is -0.378 e. The lowest BCUT2D eigenvalue weighted by atomic mass is 10.2. The molecule has 0 saturated carbocycles. The van der Waals surface area contributed by atoms with Crippen molar-refractivity contribution >= 4 is 28.7 Å². The summed E-state index contributed by atoms with van der Waals surface area (Å²) in [7, 11) is 0. The lowest BCUT2D eigenvalue weighted by Gasteiger charge is -2.28. The number of hydrogen-bond acceptors (Lipinski definition) is 8. The first-order chi connectivity index (χ1) is 13.5. The molecule has 3 aromatic rings. The Morgan fingerprint density at radius 2 is 1.96 bits per heavy atom. The van der Waals surface area contributed by atoms with Crippen LogP contribution >= 0.6 is 0 Å². The number of anilines is 3. The summed E-state index contributed by atoms with van der Waals surface area (Å²) in [5.41, 5.74) is 0.158. The van der Waals surface area contributed by atoms with Crippen molar-refractivity contribution in [2.75, 3.05) is 36.5 Å². The first kappa shape index (κ1) is 17.9. The molecule has 4 heterocycles. The van der Waals surface area contributed by atoms with Gasteiger partial charge in [0.2, 0.25) is 5.82 Å². The molecule has 1 fully saturated rings. The number of hydrogen-bond donors (Lipinski definition) is 1. The summed E-state index contributed by atoms with van der Waals surface area (Å²) in [6.45, 7) is 4.61. The maximum atomic E-state index is 12.5. The molecule has 0 aromatic carbocycles. The molecule has 1 aliphatic rings. The Morgan fingerprint density at radius 1 is 1.18 bits per heavy atom. The van der Waals surface area contributed by atoms with E-state index in [0.717, 1.165) is 23.3 Å². The van der Waals surface area contributed by atoms with Crippen LogP contribution in [0.4, 0.5) is 23.0 Å². The van der Waals surface area contributed by atoms with Gasteiger partial charge in [0.05, 0.1) is 29.5 Å². The third-order valence-electron chi connectivity index (χ3n) is 4.55. The Labute approximate surface area is 159 Å². The standard InChI is InChI=1S/C18H18N6O4/c1-12-13(5-6-14(19-12)22-8-10-28-11-9-22)20-17-16(24(26)27)18(25)23-7-3-2-4-15(23)21-17/h2-7,20H,8-11H2,1H3. The highest BCUT2D eigenvalue weighted by molar-refractivity contribution is 5.69. The number of nitrogens with one attached hydrogen (secondary N) is 1. The summed E-state index contributed by atoms with van der Waals surface area (Å²) >= 11 is 0. The van der Waals surface area contributed by atoms with Crippen LogP contribution in [0.15, 0.2) is 41.3 Å². The van der Waals surface area contributed by atoms with Crippen LogP contribution in [-0.2, 0) is 4.74 Å². The smallest absolute Gasteiger partial charge is 0.376 e. The van der Waals surface area contributed by atoms with Crippen molar-refractivity contribution in [2.45, 2.75) is 6.92 Å². The molecule has 10 nitrogen and oxygen atoms in total. The lowest BCUT2D eigenvalue weighted by Crippen LogP contribution is -2.36. The zero-order chi connectivity index (χ0) is 19.7. The van der Waals surface area contributed by atoms with E-state index in [1.54, 1.807) is 31.2 Å². The van der Waals surface area contributed by atoms with Gasteiger partial charge in [-0.2, -0.15) is 0 Å². The van der Waals surface area contributed by atoms with Crippen LogP contribution in [-0.4, -0.2) is 45.6 Å². The molecule has 1 aliphatic heterocycles. The second kappa shape index (κ2) is 7.24. The van der Waals surface area contributed by atoms with Crippen molar-refractivity contribution in [1.29, 1.82) is 0 Å². The molecule has 0 amide bonds. The molecule has 0 atom stereocenters. The Bertz CT molecular complexity index is 1110. The molecule has 0 spiro atoms. The summed E-state index contributed by atoms with van der Waals surface area (Å²) < 4.78 is 6.50. The summed E-state index contributed by atoms with van der Waals surface area (Å²) in [4.78, 5) is 34.3. The number of nitrogens with zero attached hydrogens (tertiary/aromatic N) is 5. The fourth-order valence-corrected chi connectivity index (χ4v) is 3.11. The minimum absolute atomic E-state index is 0.106. The lowest BCUT2D eigenvalue weighted by molar-refractivity contribution is -0.385. The predicted octanol–water partition coefficient (Wildman–Crippen LogP) is 1.89. The van der Waals surface area contributed by atoms with E-state index in [-0.39, 0.29) is 5.82 Å². The van der Waals surface area contributed by atoms with Crippen molar-refractivity contribution in [3.8, 4) is 0 Å². The van der Waals surface area contributed by atoms with E-state index < -0.39 is 16.2 Å². The number of aromatic nitrogens is 3. The van der Waals surface area contributed by atoms with Gasteiger partial charge in [-0.1, -0.05) is 6.07 Å². The van der Waals surface area contributed by atoms with Gasteiger partial charge in [0.25, 0.3) is 0 Å². The molecule has 0 radical (unpaired) electrons. The zero-order valence-corrected chi connectivity index (χ0v) is 15.2. The third kappa shape index (κ3) is 3.25.